The first-order chi connectivity index (χ1) is 10.2. The predicted octanol–water partition coefficient (Wildman–Crippen LogP) is 1.13. The van der Waals surface area contributed by atoms with E-state index in [0.29, 0.717) is 25.3 Å². The van der Waals surface area contributed by atoms with Crippen LogP contribution in [0.2, 0.25) is 0 Å². The number of fused-ring (bicyclic) bond motifs is 1. The third kappa shape index (κ3) is 2.73. The Bertz CT molecular complexity index is 650. The minimum Gasteiger partial charge on any atom is -0.394 e. The van der Waals surface area contributed by atoms with E-state index >= 15 is 0 Å². The summed E-state index contributed by atoms with van der Waals surface area (Å²) in [5.41, 5.74) is 3.60. The Morgan fingerprint density at radius 3 is 2.95 bits per heavy atom. The van der Waals surface area contributed by atoms with Gasteiger partial charge in [-0.3, -0.25) is 9.67 Å². The minimum absolute atomic E-state index is 0.0371. The van der Waals surface area contributed by atoms with E-state index in [4.69, 9.17) is 5.11 Å². The van der Waals surface area contributed by atoms with E-state index in [2.05, 4.69) is 15.4 Å². The number of rotatable bonds is 3. The van der Waals surface area contributed by atoms with Crippen molar-refractivity contribution < 1.29 is 9.90 Å². The molecule has 0 saturated carbocycles. The Morgan fingerprint density at radius 2 is 2.24 bits per heavy atom. The Hall–Kier alpha value is -2.41. The zero-order valence-electron chi connectivity index (χ0n) is 11.8. The highest BCUT2D eigenvalue weighted by molar-refractivity contribution is 5.89. The molecule has 0 unspecified atom stereocenters. The van der Waals surface area contributed by atoms with Crippen molar-refractivity contribution in [3.63, 3.8) is 0 Å². The Kier molecular flexibility index (Phi) is 3.57. The highest BCUT2D eigenvalue weighted by Crippen LogP contribution is 2.23. The van der Waals surface area contributed by atoms with Crippen LogP contribution in [0.4, 0.5) is 10.5 Å². The average Bonchev–Trinajstić information content (AvgIpc) is 3.04. The van der Waals surface area contributed by atoms with Gasteiger partial charge in [0.05, 0.1) is 50.0 Å². The summed E-state index contributed by atoms with van der Waals surface area (Å²) in [5, 5.41) is 16.0. The fraction of sp³-hybridized carbons (Fsp3) is 0.357. The molecule has 2 aromatic heterocycles. The summed E-state index contributed by atoms with van der Waals surface area (Å²) in [7, 11) is 0. The van der Waals surface area contributed by atoms with Gasteiger partial charge in [0.1, 0.15) is 0 Å². The van der Waals surface area contributed by atoms with Crippen LogP contribution in [0.5, 0.6) is 0 Å². The summed E-state index contributed by atoms with van der Waals surface area (Å²) in [6.45, 7) is 3.42. The number of aryl methyl sites for hydroxylation is 1. The maximum atomic E-state index is 12.2. The van der Waals surface area contributed by atoms with Crippen LogP contribution in [0, 0.1) is 6.92 Å². The molecule has 0 spiro atoms. The largest absolute Gasteiger partial charge is 0.394 e. The number of carbonyl (C=O) groups excluding carboxylic acids is 1. The number of amides is 2. The molecule has 0 atom stereocenters. The lowest BCUT2D eigenvalue weighted by molar-refractivity contribution is 0.210. The Morgan fingerprint density at radius 1 is 1.38 bits per heavy atom. The molecule has 3 rings (SSSR count). The molecule has 0 aromatic carbocycles. The molecular weight excluding hydrogens is 270 g/mol. The standard InChI is InChI=1S/C14H17N5O2/c1-10-2-3-12(7-15-10)17-14(21)18-8-11-6-16-19(4-5-20)13(11)9-18/h2-3,6-7,20H,4-5,8-9H2,1H3,(H,17,21). The number of hydrogen-bond donors (Lipinski definition) is 2. The van der Waals surface area contributed by atoms with Gasteiger partial charge in [0.25, 0.3) is 0 Å². The van der Waals surface area contributed by atoms with Crippen LogP contribution < -0.4 is 5.32 Å². The van der Waals surface area contributed by atoms with E-state index < -0.39 is 0 Å². The fourth-order valence-corrected chi connectivity index (χ4v) is 2.38. The number of carbonyl (C=O) groups is 1. The molecule has 7 heteroatoms. The van der Waals surface area contributed by atoms with Crippen LogP contribution in [-0.2, 0) is 19.6 Å². The van der Waals surface area contributed by atoms with Gasteiger partial charge in [-0.2, -0.15) is 5.10 Å². The predicted molar refractivity (Wildman–Crippen MR) is 76.6 cm³/mol. The first kappa shape index (κ1) is 13.6. The van der Waals surface area contributed by atoms with Crippen LogP contribution in [0.3, 0.4) is 0 Å². The van der Waals surface area contributed by atoms with Crippen molar-refractivity contribution in [2.24, 2.45) is 0 Å². The summed E-state index contributed by atoms with van der Waals surface area (Å²) >= 11 is 0. The lowest BCUT2D eigenvalue weighted by Crippen LogP contribution is -2.31. The van der Waals surface area contributed by atoms with Gasteiger partial charge in [-0.1, -0.05) is 0 Å². The van der Waals surface area contributed by atoms with Crippen molar-refractivity contribution in [3.05, 3.63) is 41.5 Å². The van der Waals surface area contributed by atoms with Crippen molar-refractivity contribution in [2.75, 3.05) is 11.9 Å². The summed E-state index contributed by atoms with van der Waals surface area (Å²) in [4.78, 5) is 18.1. The van der Waals surface area contributed by atoms with Gasteiger partial charge in [-0.05, 0) is 19.1 Å². The number of nitrogens with one attached hydrogen (secondary N) is 1. The van der Waals surface area contributed by atoms with E-state index in [0.717, 1.165) is 17.0 Å². The molecule has 7 nitrogen and oxygen atoms in total. The maximum Gasteiger partial charge on any atom is 0.322 e. The van der Waals surface area contributed by atoms with E-state index in [1.807, 2.05) is 19.1 Å². The Labute approximate surface area is 122 Å². The first-order valence-corrected chi connectivity index (χ1v) is 6.80. The highest BCUT2D eigenvalue weighted by Gasteiger charge is 2.27. The molecule has 1 aliphatic rings. The normalized spacial score (nSPS) is 13.3. The second-order valence-electron chi connectivity index (χ2n) is 5.04. The number of nitrogens with zero attached hydrogens (tertiary/aromatic N) is 4. The number of aromatic nitrogens is 3. The number of pyridine rings is 1. The lowest BCUT2D eigenvalue weighted by atomic mass is 10.3. The Balaban J connectivity index is 1.66. The van der Waals surface area contributed by atoms with Gasteiger partial charge in [-0.15, -0.1) is 0 Å². The second-order valence-corrected chi connectivity index (χ2v) is 5.04. The quantitative estimate of drug-likeness (QED) is 0.886. The van der Waals surface area contributed by atoms with Gasteiger partial charge in [0, 0.05) is 11.3 Å². The van der Waals surface area contributed by atoms with Crippen molar-refractivity contribution >= 4 is 11.7 Å². The third-order valence-corrected chi connectivity index (χ3v) is 3.50. The van der Waals surface area contributed by atoms with Gasteiger partial charge in [0.2, 0.25) is 0 Å². The molecule has 2 amide bonds. The molecule has 110 valence electrons. The summed E-state index contributed by atoms with van der Waals surface area (Å²) in [6, 6.07) is 3.53. The van der Waals surface area contributed by atoms with Crippen LogP contribution in [0.15, 0.2) is 24.5 Å². The van der Waals surface area contributed by atoms with Crippen molar-refractivity contribution in [3.8, 4) is 0 Å². The summed E-state index contributed by atoms with van der Waals surface area (Å²) in [5.74, 6) is 0. The smallest absolute Gasteiger partial charge is 0.322 e. The van der Waals surface area contributed by atoms with E-state index in [1.54, 1.807) is 22.0 Å². The van der Waals surface area contributed by atoms with Crippen molar-refractivity contribution in [1.82, 2.24) is 19.7 Å². The first-order valence-electron chi connectivity index (χ1n) is 6.80. The van der Waals surface area contributed by atoms with E-state index in [9.17, 15) is 4.79 Å². The topological polar surface area (TPSA) is 83.3 Å². The summed E-state index contributed by atoms with van der Waals surface area (Å²) < 4.78 is 1.75. The molecule has 21 heavy (non-hydrogen) atoms. The lowest BCUT2D eigenvalue weighted by Gasteiger charge is -2.17. The van der Waals surface area contributed by atoms with E-state index in [-0.39, 0.29) is 12.6 Å². The molecule has 0 radical (unpaired) electrons. The minimum atomic E-state index is -0.160. The van der Waals surface area contributed by atoms with Crippen LogP contribution in [0.25, 0.3) is 0 Å². The molecule has 0 aliphatic carbocycles. The monoisotopic (exact) mass is 287 g/mol. The zero-order chi connectivity index (χ0) is 14.8. The van der Waals surface area contributed by atoms with Crippen LogP contribution in [-0.4, -0.2) is 37.4 Å². The SMILES string of the molecule is Cc1ccc(NC(=O)N2Cc3cnn(CCO)c3C2)cn1. The van der Waals surface area contributed by atoms with Crippen LogP contribution in [0.1, 0.15) is 17.0 Å². The molecule has 3 heterocycles. The highest BCUT2D eigenvalue weighted by atomic mass is 16.3. The number of hydrogen-bond acceptors (Lipinski definition) is 4. The average molecular weight is 287 g/mol. The van der Waals surface area contributed by atoms with E-state index in [1.165, 1.54) is 0 Å². The maximum absolute atomic E-state index is 12.2. The number of urea groups is 1. The number of anilines is 1. The van der Waals surface area contributed by atoms with Gasteiger partial charge in [-0.25, -0.2) is 4.79 Å². The van der Waals surface area contributed by atoms with Crippen molar-refractivity contribution in [1.29, 1.82) is 0 Å². The van der Waals surface area contributed by atoms with Crippen molar-refractivity contribution in [2.45, 2.75) is 26.6 Å². The molecule has 2 N–H and O–H groups in total. The summed E-state index contributed by atoms with van der Waals surface area (Å²) in [6.07, 6.45) is 3.40. The second kappa shape index (κ2) is 5.53. The van der Waals surface area contributed by atoms with Gasteiger partial charge >= 0.3 is 6.03 Å². The third-order valence-electron chi connectivity index (χ3n) is 3.50. The van der Waals surface area contributed by atoms with Gasteiger partial charge < -0.3 is 15.3 Å². The number of aliphatic hydroxyl groups excluding tert-OH is 1. The van der Waals surface area contributed by atoms with Gasteiger partial charge in [0.15, 0.2) is 0 Å². The molecule has 0 bridgehead atoms. The zero-order valence-corrected chi connectivity index (χ0v) is 11.8. The molecule has 2 aromatic rings. The molecule has 1 aliphatic heterocycles. The molecule has 0 fully saturated rings. The number of aliphatic hydroxyl groups is 1. The fourth-order valence-electron chi connectivity index (χ4n) is 2.38. The molecule has 0 saturated heterocycles. The molecular formula is C14H17N5O2. The van der Waals surface area contributed by atoms with Crippen LogP contribution >= 0.6 is 0 Å².